The summed E-state index contributed by atoms with van der Waals surface area (Å²) in [6, 6.07) is 3.38. The van der Waals surface area contributed by atoms with Crippen molar-refractivity contribution in [1.29, 1.82) is 0 Å². The number of hydrogen-bond donors (Lipinski definition) is 3. The zero-order valence-electron chi connectivity index (χ0n) is 15.3. The highest BCUT2D eigenvalue weighted by molar-refractivity contribution is 5.98. The van der Waals surface area contributed by atoms with E-state index < -0.39 is 35.7 Å². The number of benzene rings is 1. The van der Waals surface area contributed by atoms with Gasteiger partial charge in [0.2, 0.25) is 5.91 Å². The number of rotatable bonds is 6. The molecule has 1 heterocycles. The summed E-state index contributed by atoms with van der Waals surface area (Å²) >= 11 is 0. The van der Waals surface area contributed by atoms with Crippen molar-refractivity contribution < 1.29 is 29.6 Å². The van der Waals surface area contributed by atoms with Crippen molar-refractivity contribution in [3.8, 4) is 0 Å². The summed E-state index contributed by atoms with van der Waals surface area (Å²) in [5.41, 5.74) is 5.78. The maximum atomic E-state index is 12.4. The van der Waals surface area contributed by atoms with Crippen LogP contribution in [0.1, 0.15) is 29.6 Å². The number of anilines is 1. The molecular formula is C17H24N4O6. The summed E-state index contributed by atoms with van der Waals surface area (Å²) in [6.07, 6.45) is 2.03. The maximum Gasteiger partial charge on any atom is 0.340 e. The lowest BCUT2D eigenvalue weighted by molar-refractivity contribution is -0.991. The van der Waals surface area contributed by atoms with Crippen molar-refractivity contribution in [1.82, 2.24) is 4.90 Å². The van der Waals surface area contributed by atoms with E-state index in [9.17, 15) is 19.6 Å². The molecule has 1 fully saturated rings. The predicted molar refractivity (Wildman–Crippen MR) is 95.4 cm³/mol. The minimum Gasteiger partial charge on any atom is -0.595 e. The molecule has 0 spiro atoms. The van der Waals surface area contributed by atoms with E-state index in [0.717, 1.165) is 12.8 Å². The first-order chi connectivity index (χ1) is 12.7. The van der Waals surface area contributed by atoms with Gasteiger partial charge in [0, 0.05) is 32.8 Å². The van der Waals surface area contributed by atoms with Gasteiger partial charge >= 0.3 is 5.97 Å². The highest BCUT2D eigenvalue weighted by atomic mass is 16.8. The van der Waals surface area contributed by atoms with Gasteiger partial charge in [-0.3, -0.25) is 9.59 Å². The number of piperidine rings is 1. The van der Waals surface area contributed by atoms with E-state index in [0.29, 0.717) is 18.7 Å². The Morgan fingerprint density at radius 1 is 1.37 bits per heavy atom. The first-order valence-electron chi connectivity index (χ1n) is 8.53. The Labute approximate surface area is 156 Å². The molecule has 1 aliphatic rings. The minimum absolute atomic E-state index is 0.0396. The lowest BCUT2D eigenvalue weighted by atomic mass is 10.0. The maximum absolute atomic E-state index is 12.4. The van der Waals surface area contributed by atoms with E-state index in [4.69, 9.17) is 15.7 Å². The van der Waals surface area contributed by atoms with E-state index >= 15 is 0 Å². The number of esters is 1. The molecule has 0 radical (unpaired) electrons. The molecule has 0 bridgehead atoms. The van der Waals surface area contributed by atoms with E-state index in [1.807, 2.05) is 0 Å². The van der Waals surface area contributed by atoms with Crippen LogP contribution in [-0.2, 0) is 14.3 Å². The molecule has 1 saturated heterocycles. The highest BCUT2D eigenvalue weighted by Crippen LogP contribution is 2.22. The second-order valence-electron chi connectivity index (χ2n) is 6.51. The Morgan fingerprint density at radius 3 is 2.67 bits per heavy atom. The van der Waals surface area contributed by atoms with Gasteiger partial charge in [-0.1, -0.05) is 0 Å². The van der Waals surface area contributed by atoms with Gasteiger partial charge in [-0.25, -0.2) is 10.0 Å². The lowest BCUT2D eigenvalue weighted by Gasteiger charge is -2.33. The number of primary amides is 1. The second-order valence-corrected chi connectivity index (χ2v) is 6.51. The highest BCUT2D eigenvalue weighted by Gasteiger charge is 2.31. The van der Waals surface area contributed by atoms with E-state index in [2.05, 4.69) is 0 Å². The molecule has 0 saturated carbocycles. The van der Waals surface area contributed by atoms with Gasteiger partial charge in [-0.05, 0) is 25.3 Å². The van der Waals surface area contributed by atoms with Crippen molar-refractivity contribution in [2.75, 3.05) is 32.1 Å². The van der Waals surface area contributed by atoms with E-state index in [-0.39, 0.29) is 11.3 Å². The molecule has 1 unspecified atom stereocenters. The third-order valence-electron chi connectivity index (χ3n) is 4.42. The fraction of sp³-hybridized carbons (Fsp3) is 0.471. The second kappa shape index (κ2) is 8.80. The summed E-state index contributed by atoms with van der Waals surface area (Å²) in [6.45, 7) is -0.172. The van der Waals surface area contributed by atoms with Crippen LogP contribution >= 0.6 is 0 Å². The standard InChI is InChI=1S/C17H24N4O6/c1-19(2)13-7-6-11(21(25)26)9-12(13)17(24)27-10-15(22)20-8-4-3-5-14(20)16(18)23/h6-7,9,14,21,25H,3-5,8,10H2,1-2H3,(H2,18,23)/t14-/m0/s1. The normalized spacial score (nSPS) is 17.9. The number of nitrogens with zero attached hydrogens (tertiary/aromatic N) is 2. The fourth-order valence-electron chi connectivity index (χ4n) is 3.04. The number of quaternary nitrogens is 1. The molecule has 4 N–H and O–H groups in total. The fourth-order valence-corrected chi connectivity index (χ4v) is 3.04. The summed E-state index contributed by atoms with van der Waals surface area (Å²) in [4.78, 5) is 39.3. The summed E-state index contributed by atoms with van der Waals surface area (Å²) < 4.78 is 5.09. The molecule has 0 aromatic heterocycles. The molecule has 1 aromatic carbocycles. The largest absolute Gasteiger partial charge is 0.595 e. The van der Waals surface area contributed by atoms with Crippen LogP contribution in [0.15, 0.2) is 18.2 Å². The van der Waals surface area contributed by atoms with Crippen molar-refractivity contribution in [3.05, 3.63) is 29.0 Å². The topological polar surface area (TPSA) is 141 Å². The quantitative estimate of drug-likeness (QED) is 0.432. The predicted octanol–water partition coefficient (Wildman–Crippen LogP) is -0.821. The van der Waals surface area contributed by atoms with Gasteiger partial charge < -0.3 is 25.5 Å². The minimum atomic E-state index is -1.18. The van der Waals surface area contributed by atoms with Gasteiger partial charge in [0.25, 0.3) is 5.91 Å². The van der Waals surface area contributed by atoms with Crippen LogP contribution in [0.5, 0.6) is 0 Å². The molecule has 2 rings (SSSR count). The molecule has 2 amide bonds. The summed E-state index contributed by atoms with van der Waals surface area (Å²) in [5.74, 6) is -1.91. The molecular weight excluding hydrogens is 356 g/mol. The number of amides is 2. The third kappa shape index (κ3) is 4.94. The molecule has 2 atom stereocenters. The number of ether oxygens (including phenoxy) is 1. The van der Waals surface area contributed by atoms with Gasteiger partial charge in [0.15, 0.2) is 12.3 Å². The van der Waals surface area contributed by atoms with Gasteiger partial charge in [0.1, 0.15) is 6.04 Å². The average Bonchev–Trinajstić information content (AvgIpc) is 2.65. The molecule has 1 aromatic rings. The summed E-state index contributed by atoms with van der Waals surface area (Å²) in [5, 5.41) is 19.1. The number of nitrogens with two attached hydrogens (primary N) is 1. The van der Waals surface area contributed by atoms with Gasteiger partial charge in [-0.15, -0.1) is 0 Å². The van der Waals surface area contributed by atoms with Crippen molar-refractivity contribution in [2.45, 2.75) is 25.3 Å². The van der Waals surface area contributed by atoms with Crippen molar-refractivity contribution >= 4 is 29.2 Å². The zero-order chi connectivity index (χ0) is 20.1. The van der Waals surface area contributed by atoms with Crippen LogP contribution in [0.4, 0.5) is 11.4 Å². The summed E-state index contributed by atoms with van der Waals surface area (Å²) in [7, 11) is 3.39. The Hall–Kier alpha value is -2.69. The molecule has 10 heteroatoms. The van der Waals surface area contributed by atoms with Gasteiger partial charge in [-0.2, -0.15) is 5.23 Å². The third-order valence-corrected chi connectivity index (χ3v) is 4.42. The molecule has 0 aliphatic carbocycles. The van der Waals surface area contributed by atoms with Crippen molar-refractivity contribution in [2.24, 2.45) is 5.73 Å². The lowest BCUT2D eigenvalue weighted by Crippen LogP contribution is -2.99. The zero-order valence-corrected chi connectivity index (χ0v) is 15.3. The first-order valence-corrected chi connectivity index (χ1v) is 8.53. The van der Waals surface area contributed by atoms with Crippen molar-refractivity contribution in [3.63, 3.8) is 0 Å². The van der Waals surface area contributed by atoms with Crippen LogP contribution in [-0.4, -0.2) is 61.2 Å². The van der Waals surface area contributed by atoms with E-state index in [1.165, 1.54) is 23.1 Å². The SMILES string of the molecule is CN(C)c1ccc([NH+]([O-])O)cc1C(=O)OCC(=O)N1CCCC[C@H]1C(N)=O. The Morgan fingerprint density at radius 2 is 2.07 bits per heavy atom. The molecule has 10 nitrogen and oxygen atoms in total. The van der Waals surface area contributed by atoms with Crippen LogP contribution in [0.25, 0.3) is 0 Å². The van der Waals surface area contributed by atoms with Gasteiger partial charge in [0.05, 0.1) is 11.3 Å². The number of likely N-dealkylation sites (tertiary alicyclic amines) is 1. The van der Waals surface area contributed by atoms with Crippen LogP contribution < -0.4 is 15.9 Å². The smallest absolute Gasteiger partial charge is 0.340 e. The monoisotopic (exact) mass is 380 g/mol. The first kappa shape index (κ1) is 20.6. The van der Waals surface area contributed by atoms with Crippen LogP contribution in [0, 0.1) is 5.21 Å². The average molecular weight is 380 g/mol. The number of nitrogens with one attached hydrogen (secondary N) is 1. The Bertz CT molecular complexity index is 721. The number of carbonyl (C=O) groups excluding carboxylic acids is 3. The van der Waals surface area contributed by atoms with Crippen LogP contribution in [0.2, 0.25) is 0 Å². The van der Waals surface area contributed by atoms with E-state index in [1.54, 1.807) is 19.0 Å². The Kier molecular flexibility index (Phi) is 6.72. The van der Waals surface area contributed by atoms with Crippen LogP contribution in [0.3, 0.4) is 0 Å². The molecule has 1 aliphatic heterocycles. The number of hydrogen-bond acceptors (Lipinski definition) is 7. The number of carbonyl (C=O) groups is 3. The molecule has 27 heavy (non-hydrogen) atoms. The Balaban J connectivity index is 2.11. The molecule has 148 valence electrons.